The fourth-order valence-electron chi connectivity index (χ4n) is 2.82. The number of thiophene rings is 1. The van der Waals surface area contributed by atoms with E-state index in [1.54, 1.807) is 25.3 Å². The number of hydrogen-bond acceptors (Lipinski definition) is 3. The number of piperidine rings is 1. The van der Waals surface area contributed by atoms with Crippen molar-refractivity contribution in [2.24, 2.45) is 10.9 Å². The van der Waals surface area contributed by atoms with E-state index in [0.717, 1.165) is 49.3 Å². The number of carbonyl (C=O) groups is 1. The Kier molecular flexibility index (Phi) is 6.72. The first-order valence-electron chi connectivity index (χ1n) is 7.91. The standard InChI is InChI=1S/C16H25ClN4OS/c1-12(22)21-8-6-13(7-9-21)10-19-16(18-2)20(3)11-14-4-5-15(17)23-14/h4-5,13H,6-11H2,1-3H3,(H,18,19). The van der Waals surface area contributed by atoms with E-state index in [1.807, 2.05) is 24.1 Å². The van der Waals surface area contributed by atoms with E-state index in [1.165, 1.54) is 4.88 Å². The molecule has 23 heavy (non-hydrogen) atoms. The van der Waals surface area contributed by atoms with Crippen molar-refractivity contribution in [1.82, 2.24) is 15.1 Å². The van der Waals surface area contributed by atoms with Crippen LogP contribution >= 0.6 is 22.9 Å². The highest BCUT2D eigenvalue weighted by atomic mass is 35.5. The molecule has 2 rings (SSSR count). The molecule has 0 atom stereocenters. The molecular weight excluding hydrogens is 332 g/mol. The van der Waals surface area contributed by atoms with Gasteiger partial charge in [0.25, 0.3) is 0 Å². The first-order chi connectivity index (χ1) is 11.0. The summed E-state index contributed by atoms with van der Waals surface area (Å²) >= 11 is 7.58. The van der Waals surface area contributed by atoms with E-state index in [2.05, 4.69) is 15.2 Å². The summed E-state index contributed by atoms with van der Waals surface area (Å²) in [5.74, 6) is 1.66. The molecule has 1 aromatic rings. The van der Waals surface area contributed by atoms with Crippen LogP contribution in [-0.4, -0.2) is 55.4 Å². The lowest BCUT2D eigenvalue weighted by Gasteiger charge is -2.32. The third kappa shape index (κ3) is 5.39. The maximum Gasteiger partial charge on any atom is 0.219 e. The summed E-state index contributed by atoms with van der Waals surface area (Å²) < 4.78 is 0.813. The molecule has 0 radical (unpaired) electrons. The Balaban J connectivity index is 1.78. The number of amides is 1. The normalized spacial score (nSPS) is 16.5. The summed E-state index contributed by atoms with van der Waals surface area (Å²) in [6.45, 7) is 5.06. The smallest absolute Gasteiger partial charge is 0.219 e. The van der Waals surface area contributed by atoms with Crippen molar-refractivity contribution in [1.29, 1.82) is 0 Å². The van der Waals surface area contributed by atoms with Gasteiger partial charge in [-0.05, 0) is 30.9 Å². The van der Waals surface area contributed by atoms with Gasteiger partial charge in [-0.3, -0.25) is 9.79 Å². The van der Waals surface area contributed by atoms with Crippen LogP contribution in [0.15, 0.2) is 17.1 Å². The number of nitrogens with zero attached hydrogens (tertiary/aromatic N) is 3. The average Bonchev–Trinajstić information content (AvgIpc) is 2.93. The monoisotopic (exact) mass is 356 g/mol. The average molecular weight is 357 g/mol. The van der Waals surface area contributed by atoms with Crippen molar-refractivity contribution in [3.8, 4) is 0 Å². The Morgan fingerprint density at radius 1 is 1.48 bits per heavy atom. The molecule has 0 unspecified atom stereocenters. The van der Waals surface area contributed by atoms with Gasteiger partial charge in [-0.15, -0.1) is 11.3 Å². The number of likely N-dealkylation sites (tertiary alicyclic amines) is 1. The van der Waals surface area contributed by atoms with Crippen molar-refractivity contribution in [2.75, 3.05) is 33.7 Å². The predicted molar refractivity (Wildman–Crippen MR) is 97.1 cm³/mol. The molecule has 1 amide bonds. The zero-order valence-electron chi connectivity index (χ0n) is 14.0. The van der Waals surface area contributed by atoms with E-state index in [4.69, 9.17) is 11.6 Å². The number of hydrogen-bond donors (Lipinski definition) is 1. The number of guanidine groups is 1. The number of rotatable bonds is 4. The fraction of sp³-hybridized carbons (Fsp3) is 0.625. The van der Waals surface area contributed by atoms with Gasteiger partial charge in [0.15, 0.2) is 5.96 Å². The van der Waals surface area contributed by atoms with Crippen molar-refractivity contribution in [2.45, 2.75) is 26.3 Å². The minimum absolute atomic E-state index is 0.182. The highest BCUT2D eigenvalue weighted by molar-refractivity contribution is 7.16. The highest BCUT2D eigenvalue weighted by Gasteiger charge is 2.21. The summed E-state index contributed by atoms with van der Waals surface area (Å²) in [4.78, 5) is 21.0. The van der Waals surface area contributed by atoms with Crippen LogP contribution in [0.4, 0.5) is 0 Å². The first-order valence-corrected chi connectivity index (χ1v) is 9.10. The molecule has 5 nitrogen and oxygen atoms in total. The minimum atomic E-state index is 0.182. The van der Waals surface area contributed by atoms with Crippen LogP contribution in [0.25, 0.3) is 0 Å². The van der Waals surface area contributed by atoms with Gasteiger partial charge >= 0.3 is 0 Å². The van der Waals surface area contributed by atoms with E-state index in [-0.39, 0.29) is 5.91 Å². The largest absolute Gasteiger partial charge is 0.356 e. The van der Waals surface area contributed by atoms with E-state index < -0.39 is 0 Å². The molecule has 1 aliphatic rings. The molecule has 1 N–H and O–H groups in total. The lowest BCUT2D eigenvalue weighted by Crippen LogP contribution is -2.44. The van der Waals surface area contributed by atoms with Crippen LogP contribution in [0.1, 0.15) is 24.6 Å². The van der Waals surface area contributed by atoms with Gasteiger partial charge in [0.05, 0.1) is 10.9 Å². The van der Waals surface area contributed by atoms with Crippen LogP contribution in [-0.2, 0) is 11.3 Å². The Morgan fingerprint density at radius 2 is 2.17 bits per heavy atom. The molecule has 128 valence electrons. The molecule has 1 aromatic heterocycles. The van der Waals surface area contributed by atoms with Crippen molar-refractivity contribution >= 4 is 34.8 Å². The second-order valence-corrected chi connectivity index (χ2v) is 7.74. The molecule has 2 heterocycles. The molecule has 1 aliphatic heterocycles. The second-order valence-electron chi connectivity index (χ2n) is 5.94. The maximum absolute atomic E-state index is 11.4. The number of carbonyl (C=O) groups excluding carboxylic acids is 1. The van der Waals surface area contributed by atoms with Crippen molar-refractivity contribution in [3.63, 3.8) is 0 Å². The van der Waals surface area contributed by atoms with Crippen LogP contribution in [0.5, 0.6) is 0 Å². The number of nitrogens with one attached hydrogen (secondary N) is 1. The van der Waals surface area contributed by atoms with Gasteiger partial charge in [0.1, 0.15) is 0 Å². The second kappa shape index (κ2) is 8.55. The highest BCUT2D eigenvalue weighted by Crippen LogP contribution is 2.22. The van der Waals surface area contributed by atoms with Crippen LogP contribution < -0.4 is 5.32 Å². The minimum Gasteiger partial charge on any atom is -0.356 e. The van der Waals surface area contributed by atoms with Crippen LogP contribution in [0.2, 0.25) is 4.34 Å². The van der Waals surface area contributed by atoms with E-state index in [0.29, 0.717) is 5.92 Å². The molecule has 0 spiro atoms. The molecule has 0 bridgehead atoms. The van der Waals surface area contributed by atoms with E-state index >= 15 is 0 Å². The Morgan fingerprint density at radius 3 is 2.70 bits per heavy atom. The fourth-order valence-corrected chi connectivity index (χ4v) is 3.96. The SMILES string of the molecule is CN=C(NCC1CCN(C(C)=O)CC1)N(C)Cc1ccc(Cl)s1. The number of aliphatic imine (C=N–C) groups is 1. The molecule has 0 aromatic carbocycles. The molecule has 0 saturated carbocycles. The third-order valence-electron chi connectivity index (χ3n) is 4.20. The van der Waals surface area contributed by atoms with Gasteiger partial charge in [0, 0.05) is 45.5 Å². The first kappa shape index (κ1) is 18.1. The number of halogens is 1. The van der Waals surface area contributed by atoms with Gasteiger partial charge in [-0.1, -0.05) is 11.6 Å². The topological polar surface area (TPSA) is 47.9 Å². The van der Waals surface area contributed by atoms with Gasteiger partial charge in [0.2, 0.25) is 5.91 Å². The van der Waals surface area contributed by atoms with E-state index in [9.17, 15) is 4.79 Å². The predicted octanol–water partition coefficient (Wildman–Crippen LogP) is 2.67. The third-order valence-corrected chi connectivity index (χ3v) is 5.42. The molecule has 1 saturated heterocycles. The molecule has 1 fully saturated rings. The van der Waals surface area contributed by atoms with Crippen molar-refractivity contribution in [3.05, 3.63) is 21.3 Å². The lowest BCUT2D eigenvalue weighted by molar-refractivity contribution is -0.130. The Labute approximate surface area is 147 Å². The van der Waals surface area contributed by atoms with Crippen LogP contribution in [0, 0.1) is 5.92 Å². The lowest BCUT2D eigenvalue weighted by atomic mass is 9.97. The van der Waals surface area contributed by atoms with Crippen molar-refractivity contribution < 1.29 is 4.79 Å². The maximum atomic E-state index is 11.4. The van der Waals surface area contributed by atoms with Gasteiger partial charge in [-0.25, -0.2) is 0 Å². The zero-order valence-corrected chi connectivity index (χ0v) is 15.6. The summed E-state index contributed by atoms with van der Waals surface area (Å²) in [6.07, 6.45) is 2.10. The summed E-state index contributed by atoms with van der Waals surface area (Å²) in [5, 5.41) is 3.45. The summed E-state index contributed by atoms with van der Waals surface area (Å²) in [5.41, 5.74) is 0. The zero-order chi connectivity index (χ0) is 16.8. The summed E-state index contributed by atoms with van der Waals surface area (Å²) in [6, 6.07) is 3.97. The van der Waals surface area contributed by atoms with Gasteiger partial charge in [-0.2, -0.15) is 0 Å². The Bertz CT molecular complexity index is 552. The molecule has 7 heteroatoms. The molecule has 0 aliphatic carbocycles. The summed E-state index contributed by atoms with van der Waals surface area (Å²) in [7, 11) is 3.83. The van der Waals surface area contributed by atoms with Crippen LogP contribution in [0.3, 0.4) is 0 Å². The van der Waals surface area contributed by atoms with Gasteiger partial charge < -0.3 is 15.1 Å². The molecular formula is C16H25ClN4OS. The quantitative estimate of drug-likeness (QED) is 0.666. The Hall–Kier alpha value is -1.27.